The zero-order valence-electron chi connectivity index (χ0n) is 20.7. The lowest BCUT2D eigenvalue weighted by atomic mass is 9.91. The molecule has 2 heteroatoms. The van der Waals surface area contributed by atoms with E-state index in [-0.39, 0.29) is 0 Å². The number of phenols is 1. The molecule has 2 aromatic carbocycles. The van der Waals surface area contributed by atoms with Gasteiger partial charge in [-0.15, -0.1) is 0 Å². The maximum Gasteiger partial charge on any atom is 0.119 e. The first-order valence-electron chi connectivity index (χ1n) is 12.9. The van der Waals surface area contributed by atoms with Gasteiger partial charge in [0.1, 0.15) is 11.5 Å². The van der Waals surface area contributed by atoms with Crippen LogP contribution in [0.1, 0.15) is 109 Å². The van der Waals surface area contributed by atoms with Gasteiger partial charge in [0.2, 0.25) is 0 Å². The van der Waals surface area contributed by atoms with Crippen LogP contribution in [0.4, 0.5) is 0 Å². The molecule has 2 aromatic rings. The zero-order chi connectivity index (χ0) is 23.0. The molecule has 0 aromatic heterocycles. The standard InChI is InChI=1S/C30H44O2/c1-4-7-8-9-10-11-12-13-14-15-24-32-28-22-18-26(19-23-28)30(6-3)29(5-2)25-16-20-27(31)21-17-25/h16-23,31H,4-15,24H2,1-3H3/b30-29+. The van der Waals surface area contributed by atoms with Crippen LogP contribution in [0.3, 0.4) is 0 Å². The number of unbranched alkanes of at least 4 members (excludes halogenated alkanes) is 9. The molecule has 0 aliphatic carbocycles. The van der Waals surface area contributed by atoms with E-state index in [0.29, 0.717) is 5.75 Å². The van der Waals surface area contributed by atoms with Crippen molar-refractivity contribution in [3.63, 3.8) is 0 Å². The Labute approximate surface area is 196 Å². The Morgan fingerprint density at radius 2 is 1.03 bits per heavy atom. The van der Waals surface area contributed by atoms with E-state index in [2.05, 4.69) is 45.0 Å². The number of hydrogen-bond donors (Lipinski definition) is 1. The topological polar surface area (TPSA) is 29.5 Å². The molecular weight excluding hydrogens is 392 g/mol. The average Bonchev–Trinajstić information content (AvgIpc) is 2.82. The Bertz CT molecular complexity index is 771. The number of aromatic hydroxyl groups is 1. The lowest BCUT2D eigenvalue weighted by Crippen LogP contribution is -1.98. The molecule has 0 saturated heterocycles. The van der Waals surface area contributed by atoms with Crippen LogP contribution < -0.4 is 4.74 Å². The predicted molar refractivity (Wildman–Crippen MR) is 139 cm³/mol. The summed E-state index contributed by atoms with van der Waals surface area (Å²) in [6.45, 7) is 7.49. The molecular formula is C30H44O2. The molecule has 0 atom stereocenters. The fourth-order valence-corrected chi connectivity index (χ4v) is 4.38. The monoisotopic (exact) mass is 436 g/mol. The summed E-state index contributed by atoms with van der Waals surface area (Å²) in [7, 11) is 0. The Kier molecular flexibility index (Phi) is 12.7. The van der Waals surface area contributed by atoms with Gasteiger partial charge in [-0.3, -0.25) is 0 Å². The Morgan fingerprint density at radius 1 is 0.594 bits per heavy atom. The molecule has 2 rings (SSSR count). The van der Waals surface area contributed by atoms with Gasteiger partial charge in [0.15, 0.2) is 0 Å². The molecule has 0 spiro atoms. The summed E-state index contributed by atoms with van der Waals surface area (Å²) in [6.07, 6.45) is 15.4. The van der Waals surface area contributed by atoms with E-state index in [1.165, 1.54) is 80.1 Å². The maximum absolute atomic E-state index is 9.60. The number of ether oxygens (including phenoxy) is 1. The molecule has 1 N–H and O–H groups in total. The minimum absolute atomic E-state index is 0.311. The summed E-state index contributed by atoms with van der Waals surface area (Å²) in [6, 6.07) is 16.1. The third-order valence-corrected chi connectivity index (χ3v) is 6.26. The highest BCUT2D eigenvalue weighted by atomic mass is 16.5. The number of allylic oxidation sites excluding steroid dienone is 2. The third kappa shape index (κ3) is 9.10. The van der Waals surface area contributed by atoms with Crippen molar-refractivity contribution in [3.05, 3.63) is 59.7 Å². The fourth-order valence-electron chi connectivity index (χ4n) is 4.38. The summed E-state index contributed by atoms with van der Waals surface area (Å²) >= 11 is 0. The van der Waals surface area contributed by atoms with Crippen LogP contribution in [0.25, 0.3) is 11.1 Å². The van der Waals surface area contributed by atoms with Crippen LogP contribution in [0.5, 0.6) is 11.5 Å². The minimum atomic E-state index is 0.311. The van der Waals surface area contributed by atoms with Crippen molar-refractivity contribution in [3.8, 4) is 11.5 Å². The van der Waals surface area contributed by atoms with Crippen LogP contribution in [0, 0.1) is 0 Å². The van der Waals surface area contributed by atoms with Crippen LogP contribution in [0.15, 0.2) is 48.5 Å². The highest BCUT2D eigenvalue weighted by molar-refractivity contribution is 5.90. The molecule has 0 heterocycles. The van der Waals surface area contributed by atoms with Gasteiger partial charge in [0, 0.05) is 0 Å². The van der Waals surface area contributed by atoms with Gasteiger partial charge in [-0.2, -0.15) is 0 Å². The van der Waals surface area contributed by atoms with E-state index in [4.69, 9.17) is 4.74 Å². The molecule has 32 heavy (non-hydrogen) atoms. The normalized spacial score (nSPS) is 12.0. The quantitative estimate of drug-likeness (QED) is 0.210. The average molecular weight is 437 g/mol. The van der Waals surface area contributed by atoms with E-state index in [1.54, 1.807) is 12.1 Å². The first kappa shape index (κ1) is 26.0. The molecule has 0 unspecified atom stereocenters. The highest BCUT2D eigenvalue weighted by Gasteiger charge is 2.09. The van der Waals surface area contributed by atoms with Gasteiger partial charge < -0.3 is 9.84 Å². The number of hydrogen-bond acceptors (Lipinski definition) is 2. The number of benzene rings is 2. The van der Waals surface area contributed by atoms with Gasteiger partial charge in [-0.1, -0.05) is 103 Å². The Hall–Kier alpha value is -2.22. The van der Waals surface area contributed by atoms with Gasteiger partial charge in [-0.05, 0) is 65.8 Å². The first-order chi connectivity index (χ1) is 15.7. The van der Waals surface area contributed by atoms with E-state index in [9.17, 15) is 5.11 Å². The van der Waals surface area contributed by atoms with E-state index >= 15 is 0 Å². The molecule has 0 saturated carbocycles. The van der Waals surface area contributed by atoms with Crippen molar-refractivity contribution in [2.24, 2.45) is 0 Å². The minimum Gasteiger partial charge on any atom is -0.508 e. The van der Waals surface area contributed by atoms with E-state index in [0.717, 1.165) is 31.6 Å². The molecule has 0 radical (unpaired) electrons. The molecule has 0 amide bonds. The predicted octanol–water partition coefficient (Wildman–Crippen LogP) is 9.42. The Morgan fingerprint density at radius 3 is 1.50 bits per heavy atom. The van der Waals surface area contributed by atoms with E-state index in [1.807, 2.05) is 12.1 Å². The fraction of sp³-hybridized carbons (Fsp3) is 0.533. The Balaban J connectivity index is 1.77. The molecule has 0 bridgehead atoms. The van der Waals surface area contributed by atoms with Gasteiger partial charge in [0.05, 0.1) is 6.61 Å². The molecule has 0 aliphatic rings. The summed E-state index contributed by atoms with van der Waals surface area (Å²) in [5.41, 5.74) is 5.14. The highest BCUT2D eigenvalue weighted by Crippen LogP contribution is 2.32. The molecule has 2 nitrogen and oxygen atoms in total. The second-order valence-corrected chi connectivity index (χ2v) is 8.77. The van der Waals surface area contributed by atoms with Crippen molar-refractivity contribution in [2.45, 2.75) is 97.8 Å². The van der Waals surface area contributed by atoms with Gasteiger partial charge in [-0.25, -0.2) is 0 Å². The summed E-state index contributed by atoms with van der Waals surface area (Å²) < 4.78 is 5.99. The SMILES string of the molecule is CCCCCCCCCCCCOc1ccc(/C(CC)=C(\CC)c2ccc(O)cc2)cc1. The summed E-state index contributed by atoms with van der Waals surface area (Å²) in [4.78, 5) is 0. The summed E-state index contributed by atoms with van der Waals surface area (Å²) in [5.74, 6) is 1.27. The lowest BCUT2D eigenvalue weighted by molar-refractivity contribution is 0.304. The molecule has 0 fully saturated rings. The summed E-state index contributed by atoms with van der Waals surface area (Å²) in [5, 5.41) is 9.60. The third-order valence-electron chi connectivity index (χ3n) is 6.26. The van der Waals surface area contributed by atoms with E-state index < -0.39 is 0 Å². The number of rotatable bonds is 16. The first-order valence-corrected chi connectivity index (χ1v) is 12.9. The van der Waals surface area contributed by atoms with Crippen LogP contribution in [0.2, 0.25) is 0 Å². The molecule has 176 valence electrons. The van der Waals surface area contributed by atoms with Crippen molar-refractivity contribution in [1.29, 1.82) is 0 Å². The lowest BCUT2D eigenvalue weighted by Gasteiger charge is -2.15. The second-order valence-electron chi connectivity index (χ2n) is 8.77. The maximum atomic E-state index is 9.60. The second kappa shape index (κ2) is 15.6. The number of phenolic OH excluding ortho intramolecular Hbond substituents is 1. The van der Waals surface area contributed by atoms with Crippen LogP contribution >= 0.6 is 0 Å². The van der Waals surface area contributed by atoms with Crippen molar-refractivity contribution < 1.29 is 9.84 Å². The van der Waals surface area contributed by atoms with Crippen LogP contribution in [-0.4, -0.2) is 11.7 Å². The zero-order valence-corrected chi connectivity index (χ0v) is 20.7. The van der Waals surface area contributed by atoms with Crippen molar-refractivity contribution in [2.75, 3.05) is 6.61 Å². The van der Waals surface area contributed by atoms with Gasteiger partial charge >= 0.3 is 0 Å². The van der Waals surface area contributed by atoms with Crippen LogP contribution in [-0.2, 0) is 0 Å². The van der Waals surface area contributed by atoms with Crippen molar-refractivity contribution in [1.82, 2.24) is 0 Å². The largest absolute Gasteiger partial charge is 0.508 e. The smallest absolute Gasteiger partial charge is 0.119 e. The van der Waals surface area contributed by atoms with Crippen molar-refractivity contribution >= 4 is 11.1 Å². The molecule has 0 aliphatic heterocycles. The van der Waals surface area contributed by atoms with Gasteiger partial charge in [0.25, 0.3) is 0 Å².